The maximum atomic E-state index is 4.04. The molecule has 2 aromatic rings. The summed E-state index contributed by atoms with van der Waals surface area (Å²) in [6.07, 6.45) is 8.86. The molecule has 0 fully saturated rings. The lowest BCUT2D eigenvalue weighted by atomic mass is 10.3. The van der Waals surface area contributed by atoms with Crippen molar-refractivity contribution in [1.29, 1.82) is 0 Å². The van der Waals surface area contributed by atoms with Crippen LogP contribution < -0.4 is 0 Å². The fraction of sp³-hybridized carbons (Fsp3) is 0.222. The second-order valence-corrected chi connectivity index (χ2v) is 2.61. The van der Waals surface area contributed by atoms with E-state index in [-0.39, 0.29) is 0 Å². The lowest BCUT2D eigenvalue weighted by molar-refractivity contribution is 1.10. The molecule has 0 bridgehead atoms. The normalized spacial score (nSPS) is 10.6. The van der Waals surface area contributed by atoms with Crippen LogP contribution in [-0.2, 0) is 6.42 Å². The molecule has 0 atom stereocenters. The van der Waals surface area contributed by atoms with Gasteiger partial charge < -0.3 is 4.40 Å². The molecular formula is C9H10N2. The maximum absolute atomic E-state index is 4.04. The van der Waals surface area contributed by atoms with Crippen molar-refractivity contribution in [1.82, 2.24) is 9.38 Å². The van der Waals surface area contributed by atoms with Gasteiger partial charge in [-0.3, -0.25) is 4.98 Å². The van der Waals surface area contributed by atoms with Gasteiger partial charge in [0.15, 0.2) is 0 Å². The summed E-state index contributed by atoms with van der Waals surface area (Å²) in [4.78, 5) is 4.04. The maximum Gasteiger partial charge on any atom is 0.0636 e. The highest BCUT2D eigenvalue weighted by atomic mass is 14.9. The van der Waals surface area contributed by atoms with Gasteiger partial charge in [-0.1, -0.05) is 6.92 Å². The van der Waals surface area contributed by atoms with E-state index in [0.29, 0.717) is 0 Å². The zero-order valence-electron chi connectivity index (χ0n) is 6.49. The summed E-state index contributed by atoms with van der Waals surface area (Å²) in [6, 6.07) is 2.16. The minimum atomic E-state index is 1.08. The zero-order chi connectivity index (χ0) is 7.68. The molecule has 0 unspecified atom stereocenters. The number of hydrogen-bond acceptors (Lipinski definition) is 1. The number of nitrogens with zero attached hydrogens (tertiary/aromatic N) is 2. The third-order valence-electron chi connectivity index (χ3n) is 1.86. The smallest absolute Gasteiger partial charge is 0.0636 e. The van der Waals surface area contributed by atoms with Crippen LogP contribution in [0.4, 0.5) is 0 Å². The van der Waals surface area contributed by atoms with Crippen LogP contribution in [0.2, 0.25) is 0 Å². The van der Waals surface area contributed by atoms with Crippen LogP contribution in [0.1, 0.15) is 12.5 Å². The van der Waals surface area contributed by atoms with E-state index in [1.165, 1.54) is 11.1 Å². The van der Waals surface area contributed by atoms with Gasteiger partial charge in [0.25, 0.3) is 0 Å². The predicted octanol–water partition coefficient (Wildman–Crippen LogP) is 1.90. The van der Waals surface area contributed by atoms with Crippen molar-refractivity contribution in [3.8, 4) is 0 Å². The molecule has 2 heterocycles. The van der Waals surface area contributed by atoms with Gasteiger partial charge in [-0.15, -0.1) is 0 Å². The minimum Gasteiger partial charge on any atom is -0.321 e. The molecule has 2 heteroatoms. The lowest BCUT2D eigenvalue weighted by Crippen LogP contribution is -1.79. The Morgan fingerprint density at radius 2 is 2.45 bits per heavy atom. The van der Waals surface area contributed by atoms with E-state index in [4.69, 9.17) is 0 Å². The summed E-state index contributed by atoms with van der Waals surface area (Å²) >= 11 is 0. The second-order valence-electron chi connectivity index (χ2n) is 2.61. The SMILES string of the molecule is CCc1cc2cnccn2c1. The summed E-state index contributed by atoms with van der Waals surface area (Å²) in [6.45, 7) is 2.15. The summed E-state index contributed by atoms with van der Waals surface area (Å²) in [5.41, 5.74) is 2.53. The van der Waals surface area contributed by atoms with E-state index in [2.05, 4.69) is 28.6 Å². The number of aromatic nitrogens is 2. The zero-order valence-corrected chi connectivity index (χ0v) is 6.49. The van der Waals surface area contributed by atoms with Crippen molar-refractivity contribution in [3.05, 3.63) is 36.4 Å². The molecule has 2 aromatic heterocycles. The third kappa shape index (κ3) is 1.00. The molecule has 0 spiro atoms. The topological polar surface area (TPSA) is 17.3 Å². The van der Waals surface area contributed by atoms with Crippen LogP contribution in [-0.4, -0.2) is 9.38 Å². The summed E-state index contributed by atoms with van der Waals surface area (Å²) in [7, 11) is 0. The molecule has 0 aliphatic carbocycles. The largest absolute Gasteiger partial charge is 0.321 e. The van der Waals surface area contributed by atoms with Gasteiger partial charge >= 0.3 is 0 Å². The van der Waals surface area contributed by atoms with Gasteiger partial charge in [-0.05, 0) is 18.1 Å². The summed E-state index contributed by atoms with van der Waals surface area (Å²) in [5, 5.41) is 0. The quantitative estimate of drug-likeness (QED) is 0.600. The van der Waals surface area contributed by atoms with Crippen LogP contribution in [0.5, 0.6) is 0 Å². The lowest BCUT2D eigenvalue weighted by Gasteiger charge is -1.88. The number of rotatable bonds is 1. The van der Waals surface area contributed by atoms with Crippen LogP contribution in [0.15, 0.2) is 30.9 Å². The number of aryl methyl sites for hydroxylation is 1. The van der Waals surface area contributed by atoms with Crippen molar-refractivity contribution in [2.45, 2.75) is 13.3 Å². The fourth-order valence-corrected chi connectivity index (χ4v) is 1.21. The molecule has 2 nitrogen and oxygen atoms in total. The molecule has 0 aliphatic rings. The Morgan fingerprint density at radius 1 is 1.55 bits per heavy atom. The number of fused-ring (bicyclic) bond motifs is 1. The van der Waals surface area contributed by atoms with Crippen molar-refractivity contribution in [2.75, 3.05) is 0 Å². The van der Waals surface area contributed by atoms with Gasteiger partial charge in [-0.2, -0.15) is 0 Å². The van der Waals surface area contributed by atoms with Gasteiger partial charge in [0.2, 0.25) is 0 Å². The molecule has 11 heavy (non-hydrogen) atoms. The summed E-state index contributed by atoms with van der Waals surface area (Å²) < 4.78 is 2.09. The Kier molecular flexibility index (Phi) is 1.39. The highest BCUT2D eigenvalue weighted by molar-refractivity contribution is 5.48. The molecule has 2 rings (SSSR count). The molecule has 0 amide bonds. The Hall–Kier alpha value is -1.31. The average molecular weight is 146 g/mol. The van der Waals surface area contributed by atoms with Crippen LogP contribution in [0.25, 0.3) is 5.52 Å². The number of hydrogen-bond donors (Lipinski definition) is 0. The van der Waals surface area contributed by atoms with Gasteiger partial charge in [-0.25, -0.2) is 0 Å². The van der Waals surface area contributed by atoms with E-state index in [0.717, 1.165) is 6.42 Å². The molecule has 0 aliphatic heterocycles. The molecular weight excluding hydrogens is 136 g/mol. The summed E-state index contributed by atoms with van der Waals surface area (Å²) in [5.74, 6) is 0. The monoisotopic (exact) mass is 146 g/mol. The molecule has 0 radical (unpaired) electrons. The molecule has 0 N–H and O–H groups in total. The average Bonchev–Trinajstić information content (AvgIpc) is 2.46. The first-order valence-electron chi connectivity index (χ1n) is 3.81. The Bertz CT molecular complexity index is 329. The van der Waals surface area contributed by atoms with Crippen molar-refractivity contribution in [3.63, 3.8) is 0 Å². The Morgan fingerprint density at radius 3 is 3.18 bits per heavy atom. The highest BCUT2D eigenvalue weighted by Gasteiger charge is 1.94. The first kappa shape index (κ1) is 6.40. The van der Waals surface area contributed by atoms with Crippen molar-refractivity contribution < 1.29 is 0 Å². The second kappa shape index (κ2) is 2.38. The first-order chi connectivity index (χ1) is 5.40. The van der Waals surface area contributed by atoms with Crippen molar-refractivity contribution in [2.24, 2.45) is 0 Å². The van der Waals surface area contributed by atoms with E-state index in [1.807, 2.05) is 12.4 Å². The van der Waals surface area contributed by atoms with Gasteiger partial charge in [0.1, 0.15) is 0 Å². The van der Waals surface area contributed by atoms with Crippen molar-refractivity contribution >= 4 is 5.52 Å². The van der Waals surface area contributed by atoms with Crippen LogP contribution in [0.3, 0.4) is 0 Å². The highest BCUT2D eigenvalue weighted by Crippen LogP contribution is 2.07. The Labute approximate surface area is 65.5 Å². The Balaban J connectivity index is 2.69. The van der Waals surface area contributed by atoms with E-state index < -0.39 is 0 Å². The van der Waals surface area contributed by atoms with Crippen LogP contribution >= 0.6 is 0 Å². The van der Waals surface area contributed by atoms with Gasteiger partial charge in [0, 0.05) is 18.6 Å². The first-order valence-corrected chi connectivity index (χ1v) is 3.81. The minimum absolute atomic E-state index is 1.08. The van der Waals surface area contributed by atoms with E-state index in [9.17, 15) is 0 Å². The van der Waals surface area contributed by atoms with E-state index >= 15 is 0 Å². The van der Waals surface area contributed by atoms with Crippen LogP contribution in [0, 0.1) is 0 Å². The van der Waals surface area contributed by atoms with E-state index in [1.54, 1.807) is 6.20 Å². The fourth-order valence-electron chi connectivity index (χ4n) is 1.21. The third-order valence-corrected chi connectivity index (χ3v) is 1.86. The molecule has 0 saturated heterocycles. The predicted molar refractivity (Wildman–Crippen MR) is 44.6 cm³/mol. The molecule has 0 saturated carbocycles. The molecule has 56 valence electrons. The standard InChI is InChI=1S/C9H10N2/c1-2-8-5-9-6-10-3-4-11(9)7-8/h3-7H,2H2,1H3. The molecule has 0 aromatic carbocycles. The van der Waals surface area contributed by atoms with Gasteiger partial charge in [0.05, 0.1) is 11.7 Å².